The largest absolute Gasteiger partial charge is 0.496 e. The van der Waals surface area contributed by atoms with E-state index in [-0.39, 0.29) is 41.4 Å². The van der Waals surface area contributed by atoms with E-state index in [1.54, 1.807) is 19.2 Å². The van der Waals surface area contributed by atoms with Crippen LogP contribution < -0.4 is 10.1 Å². The van der Waals surface area contributed by atoms with Crippen molar-refractivity contribution in [2.75, 3.05) is 39.8 Å². The lowest BCUT2D eigenvalue weighted by atomic mass is 9.96. The van der Waals surface area contributed by atoms with Crippen molar-refractivity contribution in [3.8, 4) is 11.8 Å². The van der Waals surface area contributed by atoms with E-state index in [1.807, 2.05) is 24.3 Å². The number of sulfonamides is 1. The maximum atomic E-state index is 13.1. The first-order valence-corrected chi connectivity index (χ1v) is 13.5. The molecule has 2 heterocycles. The van der Waals surface area contributed by atoms with Gasteiger partial charge >= 0.3 is 0 Å². The molecule has 0 saturated carbocycles. The number of rotatable bonds is 8. The molecule has 0 bridgehead atoms. The average Bonchev–Trinajstić information content (AvgIpc) is 3.43. The van der Waals surface area contributed by atoms with Gasteiger partial charge in [-0.3, -0.25) is 9.69 Å². The van der Waals surface area contributed by atoms with Crippen molar-refractivity contribution in [3.63, 3.8) is 0 Å². The molecule has 2 saturated heterocycles. The van der Waals surface area contributed by atoms with Gasteiger partial charge in [0.15, 0.2) is 0 Å². The maximum absolute atomic E-state index is 13.1. The van der Waals surface area contributed by atoms with Gasteiger partial charge in [0.05, 0.1) is 23.6 Å². The standard InChI is InChI=1S/C26H32N4O4S/c1-34-24-10-4-3-9-22(24)23(29-14-6-7-15-29)19-28-26(31)20-12-16-30(17-13-20)35(32,33)25-11-5-2-8-21(25)18-27/h2-5,8-11,20,23H,6-7,12-17,19H2,1H3,(H,28,31)/t23-/m1/s1. The number of amides is 1. The first-order valence-electron chi connectivity index (χ1n) is 12.1. The van der Waals surface area contributed by atoms with E-state index >= 15 is 0 Å². The van der Waals surface area contributed by atoms with Crippen LogP contribution in [0.1, 0.15) is 42.9 Å². The molecule has 0 spiro atoms. The highest BCUT2D eigenvalue weighted by Crippen LogP contribution is 2.32. The SMILES string of the molecule is COc1ccccc1[C@@H](CNC(=O)C1CCN(S(=O)(=O)c2ccccc2C#N)CC1)N1CCCC1. The highest BCUT2D eigenvalue weighted by Gasteiger charge is 2.34. The van der Waals surface area contributed by atoms with Crippen LogP contribution in [0, 0.1) is 17.2 Å². The molecule has 2 aliphatic rings. The van der Waals surface area contributed by atoms with Gasteiger partial charge in [-0.1, -0.05) is 30.3 Å². The van der Waals surface area contributed by atoms with Crippen molar-refractivity contribution < 1.29 is 17.9 Å². The number of nitriles is 1. The minimum atomic E-state index is -3.78. The van der Waals surface area contributed by atoms with Gasteiger partial charge in [-0.25, -0.2) is 8.42 Å². The summed E-state index contributed by atoms with van der Waals surface area (Å²) < 4.78 is 33.1. The molecule has 2 aromatic carbocycles. The summed E-state index contributed by atoms with van der Waals surface area (Å²) >= 11 is 0. The second kappa shape index (κ2) is 11.2. The van der Waals surface area contributed by atoms with E-state index in [2.05, 4.69) is 16.3 Å². The molecular formula is C26H32N4O4S. The third-order valence-electron chi connectivity index (χ3n) is 7.00. The molecule has 1 N–H and O–H groups in total. The fourth-order valence-corrected chi connectivity index (χ4v) is 6.67. The van der Waals surface area contributed by atoms with Gasteiger partial charge in [0.2, 0.25) is 15.9 Å². The molecule has 0 aliphatic carbocycles. The van der Waals surface area contributed by atoms with Crippen LogP contribution in [0.15, 0.2) is 53.4 Å². The number of benzene rings is 2. The Bertz CT molecular complexity index is 1180. The number of hydrogen-bond donors (Lipinski definition) is 1. The van der Waals surface area contributed by atoms with E-state index in [0.717, 1.165) is 37.2 Å². The summed E-state index contributed by atoms with van der Waals surface area (Å²) in [6.07, 6.45) is 3.18. The maximum Gasteiger partial charge on any atom is 0.244 e. The summed E-state index contributed by atoms with van der Waals surface area (Å²) in [4.78, 5) is 15.5. The Balaban J connectivity index is 1.39. The molecule has 0 unspecified atom stereocenters. The highest BCUT2D eigenvalue weighted by atomic mass is 32.2. The molecule has 1 atom stereocenters. The quantitative estimate of drug-likeness (QED) is 0.603. The van der Waals surface area contributed by atoms with Crippen LogP contribution in [0.3, 0.4) is 0 Å². The number of ether oxygens (including phenoxy) is 1. The summed E-state index contributed by atoms with van der Waals surface area (Å²) in [5, 5.41) is 12.4. The van der Waals surface area contributed by atoms with Crippen molar-refractivity contribution in [3.05, 3.63) is 59.7 Å². The Labute approximate surface area is 207 Å². The van der Waals surface area contributed by atoms with Crippen molar-refractivity contribution in [1.29, 1.82) is 5.26 Å². The van der Waals surface area contributed by atoms with E-state index in [0.29, 0.717) is 19.4 Å². The van der Waals surface area contributed by atoms with Crippen molar-refractivity contribution in [1.82, 2.24) is 14.5 Å². The fourth-order valence-electron chi connectivity index (χ4n) is 5.05. The number of hydrogen-bond acceptors (Lipinski definition) is 6. The smallest absolute Gasteiger partial charge is 0.244 e. The number of likely N-dealkylation sites (tertiary alicyclic amines) is 1. The van der Waals surface area contributed by atoms with Gasteiger partial charge in [-0.05, 0) is 57.0 Å². The number of para-hydroxylation sites is 1. The van der Waals surface area contributed by atoms with Crippen LogP contribution in [0.2, 0.25) is 0 Å². The molecule has 35 heavy (non-hydrogen) atoms. The monoisotopic (exact) mass is 496 g/mol. The van der Waals surface area contributed by atoms with E-state index in [1.165, 1.54) is 16.4 Å². The molecule has 0 radical (unpaired) electrons. The number of methoxy groups -OCH3 is 1. The van der Waals surface area contributed by atoms with Crippen molar-refractivity contribution >= 4 is 15.9 Å². The molecule has 186 valence electrons. The van der Waals surface area contributed by atoms with Crippen LogP contribution >= 0.6 is 0 Å². The Kier molecular flexibility index (Phi) is 8.06. The number of nitrogens with zero attached hydrogens (tertiary/aromatic N) is 3. The van der Waals surface area contributed by atoms with Crippen molar-refractivity contribution in [2.24, 2.45) is 5.92 Å². The van der Waals surface area contributed by atoms with Gasteiger partial charge in [-0.2, -0.15) is 9.57 Å². The molecule has 2 aliphatic heterocycles. The van der Waals surface area contributed by atoms with Crippen molar-refractivity contribution in [2.45, 2.75) is 36.6 Å². The summed E-state index contributed by atoms with van der Waals surface area (Å²) in [6.45, 7) is 2.95. The minimum Gasteiger partial charge on any atom is -0.496 e. The summed E-state index contributed by atoms with van der Waals surface area (Å²) in [6, 6.07) is 16.1. The third kappa shape index (κ3) is 5.50. The highest BCUT2D eigenvalue weighted by molar-refractivity contribution is 7.89. The zero-order valence-corrected chi connectivity index (χ0v) is 20.8. The predicted molar refractivity (Wildman–Crippen MR) is 132 cm³/mol. The molecule has 2 fully saturated rings. The third-order valence-corrected chi connectivity index (χ3v) is 8.96. The normalized spacial score (nSPS) is 18.6. The summed E-state index contributed by atoms with van der Waals surface area (Å²) in [5.41, 5.74) is 1.20. The van der Waals surface area contributed by atoms with Gasteiger partial charge in [0, 0.05) is 31.1 Å². The van der Waals surface area contributed by atoms with E-state index in [9.17, 15) is 18.5 Å². The number of carbonyl (C=O) groups excluding carboxylic acids is 1. The minimum absolute atomic E-state index is 0.0238. The molecular weight excluding hydrogens is 464 g/mol. The molecule has 4 rings (SSSR count). The summed E-state index contributed by atoms with van der Waals surface area (Å²) in [5.74, 6) is 0.526. The van der Waals surface area contributed by atoms with Gasteiger partial charge < -0.3 is 10.1 Å². The van der Waals surface area contributed by atoms with Crippen LogP contribution in [0.5, 0.6) is 5.75 Å². The van der Waals surface area contributed by atoms with Crippen LogP contribution in [0.4, 0.5) is 0 Å². The average molecular weight is 497 g/mol. The first kappa shape index (κ1) is 25.2. The Morgan fingerprint density at radius 1 is 1.09 bits per heavy atom. The van der Waals surface area contributed by atoms with E-state index < -0.39 is 10.0 Å². The Morgan fingerprint density at radius 3 is 2.43 bits per heavy atom. The topological polar surface area (TPSA) is 103 Å². The molecule has 9 heteroatoms. The lowest BCUT2D eigenvalue weighted by Crippen LogP contribution is -2.44. The molecule has 8 nitrogen and oxygen atoms in total. The predicted octanol–water partition coefficient (Wildman–Crippen LogP) is 2.92. The Morgan fingerprint density at radius 2 is 1.74 bits per heavy atom. The van der Waals surface area contributed by atoms with E-state index in [4.69, 9.17) is 4.74 Å². The first-order chi connectivity index (χ1) is 17.0. The molecule has 0 aromatic heterocycles. The van der Waals surface area contributed by atoms with Gasteiger partial charge in [-0.15, -0.1) is 0 Å². The zero-order valence-electron chi connectivity index (χ0n) is 20.0. The fraction of sp³-hybridized carbons (Fsp3) is 0.462. The second-order valence-electron chi connectivity index (χ2n) is 9.03. The van der Waals surface area contributed by atoms with Gasteiger partial charge in [0.1, 0.15) is 11.8 Å². The van der Waals surface area contributed by atoms with Crippen LogP contribution in [-0.2, 0) is 14.8 Å². The number of carbonyl (C=O) groups is 1. The lowest BCUT2D eigenvalue weighted by molar-refractivity contribution is -0.126. The lowest BCUT2D eigenvalue weighted by Gasteiger charge is -2.32. The molecule has 1 amide bonds. The van der Waals surface area contributed by atoms with Crippen LogP contribution in [-0.4, -0.2) is 63.4 Å². The second-order valence-corrected chi connectivity index (χ2v) is 10.9. The zero-order chi connectivity index (χ0) is 24.8. The summed E-state index contributed by atoms with van der Waals surface area (Å²) in [7, 11) is -2.11. The number of nitrogens with one attached hydrogen (secondary N) is 1. The molecule has 2 aromatic rings. The van der Waals surface area contributed by atoms with Gasteiger partial charge in [0.25, 0.3) is 0 Å². The number of piperidine rings is 1. The Hall–Kier alpha value is -2.93. The van der Waals surface area contributed by atoms with Crippen LogP contribution in [0.25, 0.3) is 0 Å².